The van der Waals surface area contributed by atoms with Gasteiger partial charge >= 0.3 is 0 Å². The van der Waals surface area contributed by atoms with Crippen molar-refractivity contribution < 1.29 is 17.9 Å². The van der Waals surface area contributed by atoms with Crippen molar-refractivity contribution in [3.8, 4) is 5.75 Å². The van der Waals surface area contributed by atoms with Gasteiger partial charge in [-0.15, -0.1) is 5.10 Å². The van der Waals surface area contributed by atoms with E-state index in [1.54, 1.807) is 37.2 Å². The smallest absolute Gasteiger partial charge is 0.175 e. The average Bonchev–Trinajstić information content (AvgIpc) is 2.91. The molecule has 23 heavy (non-hydrogen) atoms. The van der Waals surface area contributed by atoms with E-state index in [2.05, 4.69) is 15.6 Å². The van der Waals surface area contributed by atoms with Crippen molar-refractivity contribution >= 4 is 15.5 Å². The molecule has 126 valence electrons. The van der Waals surface area contributed by atoms with Gasteiger partial charge in [0.1, 0.15) is 18.1 Å². The minimum atomic E-state index is -3.30. The Labute approximate surface area is 135 Å². The number of methoxy groups -OCH3 is 1. The second-order valence-electron chi connectivity index (χ2n) is 5.01. The number of aryl methyl sites for hydroxylation is 1. The van der Waals surface area contributed by atoms with Gasteiger partial charge in [-0.1, -0.05) is 5.21 Å². The lowest BCUT2D eigenvalue weighted by Gasteiger charge is -2.13. The maximum atomic E-state index is 11.7. The van der Waals surface area contributed by atoms with Gasteiger partial charge in [0.15, 0.2) is 9.84 Å². The van der Waals surface area contributed by atoms with Crippen molar-refractivity contribution in [1.29, 1.82) is 0 Å². The van der Waals surface area contributed by atoms with Crippen LogP contribution < -0.4 is 10.1 Å². The Bertz CT molecular complexity index is 758. The number of hydrogen-bond donors (Lipinski definition) is 1. The van der Waals surface area contributed by atoms with Crippen LogP contribution in [0.3, 0.4) is 0 Å². The van der Waals surface area contributed by atoms with Crippen LogP contribution in [-0.4, -0.2) is 50.0 Å². The van der Waals surface area contributed by atoms with E-state index < -0.39 is 9.84 Å². The fourth-order valence-electron chi connectivity index (χ4n) is 1.90. The maximum absolute atomic E-state index is 11.7. The van der Waals surface area contributed by atoms with Crippen LogP contribution in [0.25, 0.3) is 0 Å². The highest BCUT2D eigenvalue weighted by atomic mass is 32.2. The van der Waals surface area contributed by atoms with Crippen LogP contribution in [0.2, 0.25) is 0 Å². The van der Waals surface area contributed by atoms with Gasteiger partial charge < -0.3 is 14.8 Å². The fraction of sp³-hybridized carbons (Fsp3) is 0.429. The summed E-state index contributed by atoms with van der Waals surface area (Å²) in [5.74, 6) is 0.554. The number of benzene rings is 1. The number of hydrogen-bond acceptors (Lipinski definition) is 7. The van der Waals surface area contributed by atoms with E-state index in [0.717, 1.165) is 5.69 Å². The first-order valence-electron chi connectivity index (χ1n) is 6.95. The van der Waals surface area contributed by atoms with E-state index in [1.807, 2.05) is 0 Å². The Hall–Kier alpha value is -2.13. The second-order valence-corrected chi connectivity index (χ2v) is 7.02. The molecule has 0 atom stereocenters. The van der Waals surface area contributed by atoms with Crippen LogP contribution in [0.5, 0.6) is 5.75 Å². The van der Waals surface area contributed by atoms with Crippen molar-refractivity contribution in [2.24, 2.45) is 7.05 Å². The molecule has 0 radical (unpaired) electrons. The summed E-state index contributed by atoms with van der Waals surface area (Å²) in [4.78, 5) is 0.221. The van der Waals surface area contributed by atoms with Crippen molar-refractivity contribution in [2.75, 3.05) is 31.9 Å². The quantitative estimate of drug-likeness (QED) is 0.712. The Morgan fingerprint density at radius 2 is 2.09 bits per heavy atom. The second kappa shape index (κ2) is 7.42. The summed E-state index contributed by atoms with van der Waals surface area (Å²) < 4.78 is 35.6. The summed E-state index contributed by atoms with van der Waals surface area (Å²) in [5, 5.41) is 11.0. The predicted octanol–water partition coefficient (Wildman–Crippen LogP) is 0.856. The third kappa shape index (κ3) is 4.93. The van der Waals surface area contributed by atoms with Gasteiger partial charge in [0.2, 0.25) is 0 Å². The fourth-order valence-corrected chi connectivity index (χ4v) is 2.55. The molecule has 0 unspecified atom stereocenters. The highest BCUT2D eigenvalue weighted by Gasteiger charge is 2.12. The molecule has 9 heteroatoms. The molecule has 2 aromatic rings. The van der Waals surface area contributed by atoms with Gasteiger partial charge in [0.25, 0.3) is 0 Å². The number of nitrogens with one attached hydrogen (secondary N) is 1. The predicted molar refractivity (Wildman–Crippen MR) is 85.3 cm³/mol. The molecule has 0 fully saturated rings. The first kappa shape index (κ1) is 17.2. The lowest BCUT2D eigenvalue weighted by molar-refractivity contribution is 0.146. The third-order valence-electron chi connectivity index (χ3n) is 3.03. The highest BCUT2D eigenvalue weighted by molar-refractivity contribution is 7.90. The van der Waals surface area contributed by atoms with E-state index in [4.69, 9.17) is 9.47 Å². The van der Waals surface area contributed by atoms with E-state index >= 15 is 0 Å². The number of sulfone groups is 1. The lowest BCUT2D eigenvalue weighted by Crippen LogP contribution is -2.08. The molecule has 0 spiro atoms. The summed E-state index contributed by atoms with van der Waals surface area (Å²) in [6.45, 7) is 1.22. The van der Waals surface area contributed by atoms with Crippen LogP contribution in [0, 0.1) is 0 Å². The molecule has 0 aliphatic carbocycles. The van der Waals surface area contributed by atoms with E-state index in [-0.39, 0.29) is 4.90 Å². The van der Waals surface area contributed by atoms with Crippen molar-refractivity contribution in [3.05, 3.63) is 30.1 Å². The molecule has 1 heterocycles. The van der Waals surface area contributed by atoms with E-state index in [9.17, 15) is 8.42 Å². The Balaban J connectivity index is 2.20. The van der Waals surface area contributed by atoms with Crippen LogP contribution >= 0.6 is 0 Å². The molecule has 0 aliphatic rings. The molecular weight excluding hydrogens is 320 g/mol. The van der Waals surface area contributed by atoms with Gasteiger partial charge in [0, 0.05) is 26.6 Å². The summed E-state index contributed by atoms with van der Waals surface area (Å²) in [6.07, 6.45) is 2.94. The van der Waals surface area contributed by atoms with Gasteiger partial charge in [-0.2, -0.15) is 0 Å². The molecule has 8 nitrogen and oxygen atoms in total. The summed E-state index contributed by atoms with van der Waals surface area (Å²) >= 11 is 0. The lowest BCUT2D eigenvalue weighted by atomic mass is 10.3. The molecular formula is C14H20N4O4S. The Morgan fingerprint density at radius 1 is 1.30 bits per heavy atom. The van der Waals surface area contributed by atoms with Crippen LogP contribution in [-0.2, 0) is 28.2 Å². The molecule has 0 aliphatic heterocycles. The topological polar surface area (TPSA) is 95.3 Å². The Kier molecular flexibility index (Phi) is 5.56. The summed E-state index contributed by atoms with van der Waals surface area (Å²) in [7, 11) is 0.0661. The van der Waals surface area contributed by atoms with Gasteiger partial charge in [-0.3, -0.25) is 4.68 Å². The van der Waals surface area contributed by atoms with Gasteiger partial charge in [0.05, 0.1) is 23.7 Å². The third-order valence-corrected chi connectivity index (χ3v) is 4.14. The number of ether oxygens (including phenoxy) is 2. The zero-order valence-corrected chi connectivity index (χ0v) is 14.1. The Morgan fingerprint density at radius 3 is 2.70 bits per heavy atom. The minimum Gasteiger partial charge on any atom is -0.489 e. The number of rotatable bonds is 8. The first-order valence-corrected chi connectivity index (χ1v) is 8.84. The largest absolute Gasteiger partial charge is 0.489 e. The van der Waals surface area contributed by atoms with Crippen molar-refractivity contribution in [3.63, 3.8) is 0 Å². The summed E-state index contributed by atoms with van der Waals surface area (Å²) in [6, 6.07) is 4.70. The SMILES string of the molecule is COCCOc1ccc(S(C)(=O)=O)cc1NCc1cn(C)nn1. The number of aromatic nitrogens is 3. The van der Waals surface area contributed by atoms with Crippen LogP contribution in [0.4, 0.5) is 5.69 Å². The van der Waals surface area contributed by atoms with E-state index in [0.29, 0.717) is 31.2 Å². The highest BCUT2D eigenvalue weighted by Crippen LogP contribution is 2.28. The zero-order valence-electron chi connectivity index (χ0n) is 13.3. The van der Waals surface area contributed by atoms with E-state index in [1.165, 1.54) is 12.3 Å². The average molecular weight is 340 g/mol. The molecule has 0 saturated heterocycles. The number of anilines is 1. The minimum absolute atomic E-state index is 0.221. The molecule has 1 aromatic heterocycles. The summed E-state index contributed by atoms with van der Waals surface area (Å²) in [5.41, 5.74) is 1.31. The molecule has 0 bridgehead atoms. The zero-order chi connectivity index (χ0) is 16.9. The first-order chi connectivity index (χ1) is 10.9. The number of nitrogens with zero attached hydrogens (tertiary/aromatic N) is 3. The molecule has 1 N–H and O–H groups in total. The van der Waals surface area contributed by atoms with Crippen LogP contribution in [0.15, 0.2) is 29.3 Å². The normalized spacial score (nSPS) is 11.4. The standard InChI is InChI=1S/C14H20N4O4S/c1-18-10-11(16-17-18)9-15-13-8-12(23(3,19)20)4-5-14(13)22-7-6-21-2/h4-5,8,10,15H,6-7,9H2,1-3H3. The van der Waals surface area contributed by atoms with Crippen molar-refractivity contribution in [1.82, 2.24) is 15.0 Å². The van der Waals surface area contributed by atoms with Crippen molar-refractivity contribution in [2.45, 2.75) is 11.4 Å². The van der Waals surface area contributed by atoms with Gasteiger partial charge in [-0.05, 0) is 18.2 Å². The monoisotopic (exact) mass is 340 g/mol. The molecule has 2 rings (SSSR count). The van der Waals surface area contributed by atoms with Gasteiger partial charge in [-0.25, -0.2) is 8.42 Å². The molecule has 0 saturated carbocycles. The molecule has 0 amide bonds. The molecule has 1 aromatic carbocycles. The van der Waals surface area contributed by atoms with Crippen LogP contribution in [0.1, 0.15) is 5.69 Å². The maximum Gasteiger partial charge on any atom is 0.175 e.